The maximum absolute atomic E-state index is 12.8. The summed E-state index contributed by atoms with van der Waals surface area (Å²) in [5, 5.41) is 50.3. The number of hydrogen-bond donors (Lipinski definition) is 6. The van der Waals surface area contributed by atoms with Crippen molar-refractivity contribution in [3.8, 4) is 0 Å². The maximum atomic E-state index is 12.8. The molecule has 12 nitrogen and oxygen atoms in total. The quantitative estimate of drug-likeness (QED) is 0.0148. The van der Waals surface area contributed by atoms with Gasteiger partial charge in [-0.1, -0.05) is 173 Å². The number of carbonyl (C=O) groups excluding carboxylic acids is 1. The van der Waals surface area contributed by atoms with Gasteiger partial charge in [-0.25, -0.2) is 4.57 Å². The highest BCUT2D eigenvalue weighted by Gasteiger charge is 2.51. The van der Waals surface area contributed by atoms with Gasteiger partial charge in [-0.2, -0.15) is 0 Å². The fourth-order valence-corrected chi connectivity index (χ4v) is 7.61. The van der Waals surface area contributed by atoms with Crippen LogP contribution in [-0.4, -0.2) is 98.9 Å². The van der Waals surface area contributed by atoms with E-state index in [-0.39, 0.29) is 13.0 Å². The van der Waals surface area contributed by atoms with Gasteiger partial charge in [0.15, 0.2) is 0 Å². The number of phosphoric ester groups is 1. The molecule has 1 fully saturated rings. The van der Waals surface area contributed by atoms with Crippen LogP contribution in [0.15, 0.2) is 134 Å². The Kier molecular flexibility index (Phi) is 40.0. The van der Waals surface area contributed by atoms with Crippen LogP contribution in [0.1, 0.15) is 142 Å². The number of allylic oxidation sites excluding steroid dienone is 22. The summed E-state index contributed by atoms with van der Waals surface area (Å²) in [4.78, 5) is 23.2. The van der Waals surface area contributed by atoms with Crippen molar-refractivity contribution in [1.82, 2.24) is 0 Å². The minimum atomic E-state index is -5.06. The normalized spacial score (nSPS) is 22.3. The highest BCUT2D eigenvalue weighted by Crippen LogP contribution is 2.47. The van der Waals surface area contributed by atoms with Crippen molar-refractivity contribution in [2.45, 2.75) is 185 Å². The second-order valence-corrected chi connectivity index (χ2v) is 18.0. The number of unbranched alkanes of at least 4 members (excludes halogenated alkanes) is 6. The van der Waals surface area contributed by atoms with Gasteiger partial charge in [0.05, 0.1) is 13.2 Å². The predicted octanol–water partition coefficient (Wildman–Crippen LogP) is 11.2. The summed E-state index contributed by atoms with van der Waals surface area (Å²) in [5.41, 5.74) is 0. The van der Waals surface area contributed by atoms with Crippen molar-refractivity contribution < 1.29 is 58.3 Å². The van der Waals surface area contributed by atoms with E-state index in [2.05, 4.69) is 135 Å². The van der Waals surface area contributed by atoms with Crippen LogP contribution >= 0.6 is 7.82 Å². The SMILES string of the molecule is CC/C=C\C/C=C\C/C=C\C/C=C\C/C=C\C/C=C\CCC(=O)OC(COCCCCCCCC/C=C\C/C=C\C/C=C\C/C=C\C/C=C\CC)COP(=O)(O)OC1C(O)C(O)C(O)C(O)C1O. The average Bonchev–Trinajstić information content (AvgIpc) is 3.32. The Labute approximate surface area is 409 Å². The molecule has 0 heterocycles. The lowest BCUT2D eigenvalue weighted by atomic mass is 9.85. The molecule has 1 aliphatic carbocycles. The molecular weight excluding hydrogens is 884 g/mol. The van der Waals surface area contributed by atoms with Crippen molar-refractivity contribution in [1.29, 1.82) is 0 Å². The molecule has 1 aliphatic rings. The molecule has 0 aromatic rings. The van der Waals surface area contributed by atoms with E-state index in [0.717, 1.165) is 109 Å². The van der Waals surface area contributed by atoms with Crippen molar-refractivity contribution in [3.05, 3.63) is 134 Å². The first-order valence-corrected chi connectivity index (χ1v) is 26.5. The monoisotopic (exact) mass is 971 g/mol. The molecule has 6 unspecified atom stereocenters. The van der Waals surface area contributed by atoms with Gasteiger partial charge in [0.25, 0.3) is 0 Å². The zero-order chi connectivity index (χ0) is 49.8. The van der Waals surface area contributed by atoms with Gasteiger partial charge in [0.1, 0.15) is 42.7 Å². The lowest BCUT2D eigenvalue weighted by molar-refractivity contribution is -0.220. The van der Waals surface area contributed by atoms with Gasteiger partial charge in [-0.15, -0.1) is 0 Å². The third-order valence-corrected chi connectivity index (χ3v) is 11.5. The molecular formula is C55H87O12P. The van der Waals surface area contributed by atoms with E-state index in [9.17, 15) is 39.8 Å². The van der Waals surface area contributed by atoms with Crippen LogP contribution < -0.4 is 0 Å². The van der Waals surface area contributed by atoms with Gasteiger partial charge in [-0.05, 0) is 96.3 Å². The van der Waals surface area contributed by atoms with Crippen LogP contribution in [0, 0.1) is 0 Å². The van der Waals surface area contributed by atoms with Gasteiger partial charge >= 0.3 is 13.8 Å². The average molecular weight is 971 g/mol. The zero-order valence-corrected chi connectivity index (χ0v) is 42.0. The lowest BCUT2D eigenvalue weighted by Gasteiger charge is -2.41. The van der Waals surface area contributed by atoms with E-state index in [0.29, 0.717) is 19.4 Å². The molecule has 0 aromatic carbocycles. The standard InChI is InChI=1S/C55H87O12P/c1-3-5-7-9-11-13-15-17-19-21-23-24-25-27-29-31-33-35-37-39-41-43-45-64-46-48(47-65-68(62,63)67-55-53(60)51(58)50(57)52(59)54(55)61)66-49(56)44-42-40-38-36-34-32-30-28-26-22-20-18-16-14-12-10-8-6-4-2/h5-8,11-14,17-20,23-24,26-29,32,34,38,40,48,50-55,57-61H,3-4,9-10,15-16,21-22,25,30-31,33,35-37,39,41-47H2,1-2H3,(H,62,63)/b7-5-,8-6-,13-11-,14-12-,19-17-,20-18-,24-23-,28-26-,29-27-,34-32-,40-38-. The first kappa shape index (κ1) is 62.5. The van der Waals surface area contributed by atoms with Crippen LogP contribution in [-0.2, 0) is 27.9 Å². The Hall–Kier alpha value is -3.52. The van der Waals surface area contributed by atoms with Crippen LogP contribution in [0.4, 0.5) is 0 Å². The Morgan fingerprint density at radius 3 is 1.25 bits per heavy atom. The zero-order valence-electron chi connectivity index (χ0n) is 41.1. The molecule has 13 heteroatoms. The van der Waals surface area contributed by atoms with E-state index in [4.69, 9.17) is 18.5 Å². The van der Waals surface area contributed by atoms with Gasteiger partial charge in [0, 0.05) is 13.0 Å². The molecule has 6 N–H and O–H groups in total. The van der Waals surface area contributed by atoms with Crippen molar-refractivity contribution >= 4 is 13.8 Å². The fraction of sp³-hybridized carbons (Fsp3) is 0.582. The number of aliphatic hydroxyl groups is 5. The number of esters is 1. The summed E-state index contributed by atoms with van der Waals surface area (Å²) in [7, 11) is -5.06. The molecule has 1 saturated carbocycles. The number of aliphatic hydroxyl groups excluding tert-OH is 5. The maximum Gasteiger partial charge on any atom is 0.472 e. The molecule has 0 radical (unpaired) electrons. The van der Waals surface area contributed by atoms with Crippen molar-refractivity contribution in [3.63, 3.8) is 0 Å². The molecule has 0 amide bonds. The molecule has 0 aromatic heterocycles. The summed E-state index contributed by atoms with van der Waals surface area (Å²) in [5.74, 6) is -0.571. The van der Waals surface area contributed by atoms with Crippen LogP contribution in [0.5, 0.6) is 0 Å². The van der Waals surface area contributed by atoms with E-state index >= 15 is 0 Å². The molecule has 68 heavy (non-hydrogen) atoms. The fourth-order valence-electron chi connectivity index (χ4n) is 6.64. The van der Waals surface area contributed by atoms with Crippen LogP contribution in [0.2, 0.25) is 0 Å². The Balaban J connectivity index is 2.44. The van der Waals surface area contributed by atoms with E-state index in [1.165, 1.54) is 0 Å². The second-order valence-electron chi connectivity index (χ2n) is 16.5. The first-order valence-electron chi connectivity index (χ1n) is 25.0. The summed E-state index contributed by atoms with van der Waals surface area (Å²) in [6, 6.07) is 0. The van der Waals surface area contributed by atoms with E-state index in [1.807, 2.05) is 12.2 Å². The van der Waals surface area contributed by atoms with Gasteiger partial charge in [-0.3, -0.25) is 13.8 Å². The molecule has 0 saturated heterocycles. The molecule has 0 spiro atoms. The number of ether oxygens (including phenoxy) is 2. The van der Waals surface area contributed by atoms with Crippen LogP contribution in [0.25, 0.3) is 0 Å². The van der Waals surface area contributed by atoms with E-state index in [1.54, 1.807) is 0 Å². The van der Waals surface area contributed by atoms with Gasteiger partial charge in [0.2, 0.25) is 0 Å². The third kappa shape index (κ3) is 34.7. The number of rotatable bonds is 40. The van der Waals surface area contributed by atoms with Gasteiger partial charge < -0.3 is 39.9 Å². The number of carbonyl (C=O) groups is 1. The number of hydrogen-bond acceptors (Lipinski definition) is 11. The molecule has 6 atom stereocenters. The largest absolute Gasteiger partial charge is 0.472 e. The highest BCUT2D eigenvalue weighted by molar-refractivity contribution is 7.47. The van der Waals surface area contributed by atoms with E-state index < -0.39 is 63.1 Å². The van der Waals surface area contributed by atoms with Crippen molar-refractivity contribution in [2.75, 3.05) is 19.8 Å². The second kappa shape index (κ2) is 43.5. The summed E-state index contributed by atoms with van der Waals surface area (Å²) < 4.78 is 34.2. The molecule has 1 rings (SSSR count). The molecule has 0 aliphatic heterocycles. The van der Waals surface area contributed by atoms with Crippen LogP contribution in [0.3, 0.4) is 0 Å². The minimum absolute atomic E-state index is 0.0472. The third-order valence-electron chi connectivity index (χ3n) is 10.5. The Morgan fingerprint density at radius 2 is 0.824 bits per heavy atom. The lowest BCUT2D eigenvalue weighted by Crippen LogP contribution is -2.64. The predicted molar refractivity (Wildman–Crippen MR) is 276 cm³/mol. The smallest absolute Gasteiger partial charge is 0.457 e. The number of phosphoric acid groups is 1. The highest BCUT2D eigenvalue weighted by atomic mass is 31.2. The minimum Gasteiger partial charge on any atom is -0.457 e. The van der Waals surface area contributed by atoms with Crippen molar-refractivity contribution in [2.24, 2.45) is 0 Å². The summed E-state index contributed by atoms with van der Waals surface area (Å²) in [6.07, 6.45) is 52.4. The molecule has 0 bridgehead atoms. The summed E-state index contributed by atoms with van der Waals surface area (Å²) >= 11 is 0. The topological polar surface area (TPSA) is 192 Å². The molecule has 384 valence electrons. The summed E-state index contributed by atoms with van der Waals surface area (Å²) in [6.45, 7) is 3.89. The Morgan fingerprint density at radius 1 is 0.471 bits per heavy atom. The Bertz CT molecular complexity index is 1620. The first-order chi connectivity index (χ1) is 33.0.